The molecule has 0 atom stereocenters. The molecule has 0 unspecified atom stereocenters. The lowest BCUT2D eigenvalue weighted by molar-refractivity contribution is -0.385. The van der Waals surface area contributed by atoms with Gasteiger partial charge >= 0.3 is 0 Å². The van der Waals surface area contributed by atoms with E-state index in [1.54, 1.807) is 36.3 Å². The van der Waals surface area contributed by atoms with Gasteiger partial charge in [0.15, 0.2) is 11.5 Å². The number of carbonyl (C=O) groups is 1. The Hall–Kier alpha value is -3.44. The van der Waals surface area contributed by atoms with Crippen LogP contribution in [0.4, 0.5) is 5.69 Å². The highest BCUT2D eigenvalue weighted by Gasteiger charge is 2.30. The minimum Gasteiger partial charge on any atom is -0.493 e. The predicted molar refractivity (Wildman–Crippen MR) is 122 cm³/mol. The number of nitrogens with zero attached hydrogens (tertiary/aromatic N) is 3. The summed E-state index contributed by atoms with van der Waals surface area (Å²) in [5.41, 5.74) is 0.473. The zero-order chi connectivity index (χ0) is 24.0. The van der Waals surface area contributed by atoms with E-state index in [1.165, 1.54) is 28.6 Å². The van der Waals surface area contributed by atoms with Gasteiger partial charge in [0.1, 0.15) is 0 Å². The molecule has 2 aromatic rings. The van der Waals surface area contributed by atoms with Crippen molar-refractivity contribution in [2.45, 2.75) is 11.8 Å². The maximum absolute atomic E-state index is 12.9. The number of piperazine rings is 1. The van der Waals surface area contributed by atoms with Crippen LogP contribution < -0.4 is 9.47 Å². The van der Waals surface area contributed by atoms with Gasteiger partial charge in [0, 0.05) is 44.4 Å². The van der Waals surface area contributed by atoms with Crippen LogP contribution >= 0.6 is 0 Å². The number of sulfonamides is 1. The van der Waals surface area contributed by atoms with Gasteiger partial charge in [-0.1, -0.05) is 12.1 Å². The van der Waals surface area contributed by atoms with Crippen molar-refractivity contribution in [1.29, 1.82) is 0 Å². The highest BCUT2D eigenvalue weighted by Crippen LogP contribution is 2.28. The number of carbonyl (C=O) groups excluding carboxylic acids is 1. The summed E-state index contributed by atoms with van der Waals surface area (Å²) < 4.78 is 37.7. The molecule has 1 aliphatic rings. The molecule has 0 aromatic heterocycles. The standard InChI is InChI=1S/C22H25N3O7S/c1-3-32-21-15-17(7-9-20(21)31-2)8-10-22(26)23-11-13-24(14-12-23)33(29,30)19-6-4-5-18(16-19)25(27)28/h4-10,15-16H,3,11-14H2,1-2H3/b10-8+. The molecule has 0 aliphatic carbocycles. The molecule has 11 heteroatoms. The third-order valence-electron chi connectivity index (χ3n) is 5.12. The van der Waals surface area contributed by atoms with E-state index in [2.05, 4.69) is 0 Å². The number of non-ortho nitro benzene ring substituents is 1. The number of nitro groups is 1. The van der Waals surface area contributed by atoms with Crippen molar-refractivity contribution in [3.63, 3.8) is 0 Å². The second-order valence-electron chi connectivity index (χ2n) is 7.16. The Balaban J connectivity index is 1.64. The first-order valence-corrected chi connectivity index (χ1v) is 11.7. The van der Waals surface area contributed by atoms with Crippen molar-refractivity contribution < 1.29 is 27.6 Å². The first-order chi connectivity index (χ1) is 15.8. The summed E-state index contributed by atoms with van der Waals surface area (Å²) in [5.74, 6) is 0.937. The van der Waals surface area contributed by atoms with Crippen LogP contribution in [0.2, 0.25) is 0 Å². The van der Waals surface area contributed by atoms with Crippen molar-refractivity contribution in [2.24, 2.45) is 0 Å². The first-order valence-electron chi connectivity index (χ1n) is 10.3. The molecule has 0 N–H and O–H groups in total. The Bertz CT molecular complexity index is 1160. The summed E-state index contributed by atoms with van der Waals surface area (Å²) >= 11 is 0. The van der Waals surface area contributed by atoms with Gasteiger partial charge in [-0.15, -0.1) is 0 Å². The van der Waals surface area contributed by atoms with Gasteiger partial charge in [0.25, 0.3) is 5.69 Å². The summed E-state index contributed by atoms with van der Waals surface area (Å²) in [5, 5.41) is 11.0. The summed E-state index contributed by atoms with van der Waals surface area (Å²) in [6.07, 6.45) is 3.10. The Morgan fingerprint density at radius 1 is 1.12 bits per heavy atom. The molecule has 0 spiro atoms. The minimum absolute atomic E-state index is 0.0988. The van der Waals surface area contributed by atoms with Gasteiger partial charge in [-0.3, -0.25) is 14.9 Å². The number of hydrogen-bond donors (Lipinski definition) is 0. The van der Waals surface area contributed by atoms with Gasteiger partial charge < -0.3 is 14.4 Å². The molecule has 3 rings (SSSR count). The van der Waals surface area contributed by atoms with E-state index in [-0.39, 0.29) is 42.7 Å². The Kier molecular flexibility index (Phi) is 7.67. The molecular weight excluding hydrogens is 450 g/mol. The van der Waals surface area contributed by atoms with Gasteiger partial charge in [0.2, 0.25) is 15.9 Å². The highest BCUT2D eigenvalue weighted by atomic mass is 32.2. The van der Waals surface area contributed by atoms with Crippen LogP contribution in [-0.4, -0.2) is 68.3 Å². The van der Waals surface area contributed by atoms with E-state index in [9.17, 15) is 23.3 Å². The van der Waals surface area contributed by atoms with Gasteiger partial charge in [-0.2, -0.15) is 4.31 Å². The fourth-order valence-corrected chi connectivity index (χ4v) is 4.86. The molecule has 2 aromatic carbocycles. The molecular formula is C22H25N3O7S. The van der Waals surface area contributed by atoms with Crippen LogP contribution in [-0.2, 0) is 14.8 Å². The molecule has 0 saturated carbocycles. The average molecular weight is 476 g/mol. The Morgan fingerprint density at radius 3 is 2.48 bits per heavy atom. The normalized spacial score (nSPS) is 14.9. The third-order valence-corrected chi connectivity index (χ3v) is 7.02. The lowest BCUT2D eigenvalue weighted by atomic mass is 10.2. The largest absolute Gasteiger partial charge is 0.493 e. The van der Waals surface area contributed by atoms with Crippen molar-refractivity contribution >= 4 is 27.7 Å². The van der Waals surface area contributed by atoms with Crippen LogP contribution in [0.25, 0.3) is 6.08 Å². The number of nitro benzene ring substituents is 1. The van der Waals surface area contributed by atoms with Crippen LogP contribution in [0.5, 0.6) is 11.5 Å². The van der Waals surface area contributed by atoms with Crippen molar-refractivity contribution in [3.8, 4) is 11.5 Å². The molecule has 0 bridgehead atoms. The van der Waals surface area contributed by atoms with E-state index >= 15 is 0 Å². The second-order valence-corrected chi connectivity index (χ2v) is 9.10. The monoisotopic (exact) mass is 475 g/mol. The van der Waals surface area contributed by atoms with Crippen molar-refractivity contribution in [3.05, 3.63) is 64.2 Å². The fourth-order valence-electron chi connectivity index (χ4n) is 3.39. The maximum atomic E-state index is 12.9. The molecule has 1 heterocycles. The van der Waals surface area contributed by atoms with E-state index in [0.29, 0.717) is 18.1 Å². The zero-order valence-electron chi connectivity index (χ0n) is 18.3. The molecule has 33 heavy (non-hydrogen) atoms. The van der Waals surface area contributed by atoms with E-state index < -0.39 is 14.9 Å². The SMILES string of the molecule is CCOc1cc(/C=C/C(=O)N2CCN(S(=O)(=O)c3cccc([N+](=O)[O-])c3)CC2)ccc1OC. The van der Waals surface area contributed by atoms with Crippen LogP contribution in [0, 0.1) is 10.1 Å². The lowest BCUT2D eigenvalue weighted by Crippen LogP contribution is -2.50. The second kappa shape index (κ2) is 10.5. The molecule has 1 saturated heterocycles. The van der Waals surface area contributed by atoms with Gasteiger partial charge in [-0.25, -0.2) is 8.42 Å². The minimum atomic E-state index is -3.89. The van der Waals surface area contributed by atoms with E-state index in [0.717, 1.165) is 11.6 Å². The number of ether oxygens (including phenoxy) is 2. The maximum Gasteiger partial charge on any atom is 0.270 e. The summed E-state index contributed by atoms with van der Waals surface area (Å²) in [6, 6.07) is 10.3. The predicted octanol–water partition coefficient (Wildman–Crippen LogP) is 2.55. The van der Waals surface area contributed by atoms with Crippen LogP contribution in [0.1, 0.15) is 12.5 Å². The average Bonchev–Trinajstić information content (AvgIpc) is 2.83. The lowest BCUT2D eigenvalue weighted by Gasteiger charge is -2.33. The number of amides is 1. The number of hydrogen-bond acceptors (Lipinski definition) is 7. The molecule has 176 valence electrons. The van der Waals surface area contributed by atoms with E-state index in [1.807, 2.05) is 6.92 Å². The van der Waals surface area contributed by atoms with Crippen molar-refractivity contribution in [2.75, 3.05) is 39.9 Å². The molecule has 0 radical (unpaired) electrons. The van der Waals surface area contributed by atoms with Crippen LogP contribution in [0.3, 0.4) is 0 Å². The summed E-state index contributed by atoms with van der Waals surface area (Å²) in [4.78, 5) is 24.3. The quantitative estimate of drug-likeness (QED) is 0.327. The topological polar surface area (TPSA) is 119 Å². The van der Waals surface area contributed by atoms with Crippen LogP contribution in [0.15, 0.2) is 53.4 Å². The number of rotatable bonds is 8. The smallest absolute Gasteiger partial charge is 0.270 e. The highest BCUT2D eigenvalue weighted by molar-refractivity contribution is 7.89. The fraction of sp³-hybridized carbons (Fsp3) is 0.318. The Labute approximate surface area is 192 Å². The van der Waals surface area contributed by atoms with Gasteiger partial charge in [-0.05, 0) is 36.8 Å². The number of benzene rings is 2. The number of methoxy groups -OCH3 is 1. The molecule has 1 aliphatic heterocycles. The van der Waals surface area contributed by atoms with E-state index in [4.69, 9.17) is 9.47 Å². The molecule has 1 fully saturated rings. The van der Waals surface area contributed by atoms with Gasteiger partial charge in [0.05, 0.1) is 23.5 Å². The molecule has 1 amide bonds. The molecule has 10 nitrogen and oxygen atoms in total. The summed E-state index contributed by atoms with van der Waals surface area (Å²) in [6.45, 7) is 2.97. The first kappa shape index (κ1) is 24.2. The third kappa shape index (κ3) is 5.68. The summed E-state index contributed by atoms with van der Waals surface area (Å²) in [7, 11) is -2.34. The van der Waals surface area contributed by atoms with Crippen molar-refractivity contribution in [1.82, 2.24) is 9.21 Å². The zero-order valence-corrected chi connectivity index (χ0v) is 19.2. The Morgan fingerprint density at radius 2 is 1.85 bits per heavy atom.